The van der Waals surface area contributed by atoms with Crippen molar-refractivity contribution < 1.29 is 29.3 Å². The third-order valence-electron chi connectivity index (χ3n) is 7.17. The van der Waals surface area contributed by atoms with Crippen LogP contribution in [0.2, 0.25) is 0 Å². The van der Waals surface area contributed by atoms with E-state index in [0.29, 0.717) is 6.54 Å². The van der Waals surface area contributed by atoms with Crippen LogP contribution in [0.25, 0.3) is 11.1 Å². The van der Waals surface area contributed by atoms with Crippen molar-refractivity contribution in [1.29, 1.82) is 0 Å². The summed E-state index contributed by atoms with van der Waals surface area (Å²) in [6.07, 6.45) is 0.602. The van der Waals surface area contributed by atoms with E-state index in [4.69, 9.17) is 9.84 Å². The number of hydrogen-bond acceptors (Lipinski definition) is 5. The number of hydrogen-bond donors (Lipinski definition) is 3. The molecule has 0 bridgehead atoms. The van der Waals surface area contributed by atoms with E-state index >= 15 is 0 Å². The van der Waals surface area contributed by atoms with Gasteiger partial charge in [-0.25, -0.2) is 4.79 Å². The van der Waals surface area contributed by atoms with Crippen molar-refractivity contribution in [2.24, 2.45) is 5.92 Å². The molecule has 8 heteroatoms. The number of likely N-dealkylation sites (tertiary alicyclic amines) is 1. The number of rotatable bonds is 8. The average Bonchev–Trinajstić information content (AvgIpc) is 3.18. The third kappa shape index (κ3) is 5.32. The number of benzene rings is 2. The highest BCUT2D eigenvalue weighted by Crippen LogP contribution is 2.44. The molecule has 1 aliphatic heterocycles. The lowest BCUT2D eigenvalue weighted by Crippen LogP contribution is -2.56. The number of alkyl carbamates (subject to hydrolysis) is 1. The fraction of sp³-hybridized carbons (Fsp3) is 0.444. The minimum absolute atomic E-state index is 0.0542. The van der Waals surface area contributed by atoms with Crippen molar-refractivity contribution >= 4 is 18.0 Å². The van der Waals surface area contributed by atoms with Gasteiger partial charge in [0.15, 0.2) is 0 Å². The number of amides is 2. The van der Waals surface area contributed by atoms with Crippen molar-refractivity contribution in [2.75, 3.05) is 19.8 Å². The van der Waals surface area contributed by atoms with E-state index in [1.807, 2.05) is 55.5 Å². The first-order chi connectivity index (χ1) is 16.9. The van der Waals surface area contributed by atoms with Gasteiger partial charge in [0.1, 0.15) is 12.6 Å². The maximum Gasteiger partial charge on any atom is 0.407 e. The van der Waals surface area contributed by atoms with Crippen LogP contribution in [0, 0.1) is 5.92 Å². The highest BCUT2D eigenvalue weighted by molar-refractivity contribution is 5.86. The summed E-state index contributed by atoms with van der Waals surface area (Å²) in [6.45, 7) is 2.36. The molecule has 1 saturated heterocycles. The number of aliphatic hydroxyl groups is 1. The zero-order valence-corrected chi connectivity index (χ0v) is 19.9. The maximum absolute atomic E-state index is 13.3. The van der Waals surface area contributed by atoms with Crippen molar-refractivity contribution in [3.05, 3.63) is 59.7 Å². The molecule has 2 aromatic rings. The Morgan fingerprint density at radius 3 is 2.31 bits per heavy atom. The van der Waals surface area contributed by atoms with Crippen molar-refractivity contribution in [1.82, 2.24) is 10.2 Å². The number of ether oxygens (including phenoxy) is 1. The van der Waals surface area contributed by atoms with Crippen LogP contribution in [0.15, 0.2) is 48.5 Å². The highest BCUT2D eigenvalue weighted by Gasteiger charge is 2.36. The van der Waals surface area contributed by atoms with Gasteiger partial charge < -0.3 is 25.2 Å². The second kappa shape index (κ2) is 10.9. The summed E-state index contributed by atoms with van der Waals surface area (Å²) in [5.74, 6) is -1.44. The zero-order chi connectivity index (χ0) is 24.9. The normalized spacial score (nSPS) is 20.0. The number of nitrogens with one attached hydrogen (secondary N) is 1. The Labute approximate surface area is 204 Å². The van der Waals surface area contributed by atoms with Gasteiger partial charge in [-0.3, -0.25) is 9.59 Å². The maximum atomic E-state index is 13.3. The number of aliphatic hydroxyl groups excluding tert-OH is 1. The summed E-state index contributed by atoms with van der Waals surface area (Å²) in [5.41, 5.74) is 4.38. The Balaban J connectivity index is 1.45. The zero-order valence-electron chi connectivity index (χ0n) is 19.9. The van der Waals surface area contributed by atoms with E-state index < -0.39 is 18.1 Å². The second-order valence-corrected chi connectivity index (χ2v) is 9.36. The third-order valence-corrected chi connectivity index (χ3v) is 7.17. The molecule has 2 aromatic carbocycles. The molecule has 0 spiro atoms. The van der Waals surface area contributed by atoms with Crippen molar-refractivity contribution in [2.45, 2.75) is 50.6 Å². The van der Waals surface area contributed by atoms with E-state index in [2.05, 4.69) is 5.32 Å². The first kappa shape index (κ1) is 24.7. The lowest BCUT2D eigenvalue weighted by Gasteiger charge is -2.40. The van der Waals surface area contributed by atoms with E-state index in [0.717, 1.165) is 35.1 Å². The van der Waals surface area contributed by atoms with Gasteiger partial charge in [-0.1, -0.05) is 55.5 Å². The Bertz CT molecular complexity index is 1040. The van der Waals surface area contributed by atoms with E-state index in [1.165, 1.54) is 0 Å². The number of nitrogens with zero attached hydrogens (tertiary/aromatic N) is 1. The molecule has 2 aliphatic rings. The molecule has 2 amide bonds. The Kier molecular flexibility index (Phi) is 7.70. The Morgan fingerprint density at radius 1 is 1.09 bits per heavy atom. The summed E-state index contributed by atoms with van der Waals surface area (Å²) in [5, 5.41) is 21.6. The summed E-state index contributed by atoms with van der Waals surface area (Å²) < 4.78 is 5.57. The SMILES string of the molecule is C[C@@H]1CCCN(C(=O)C(CCC(=O)O)NC(=O)OCC2c3ccccc3-c3ccccc32)[C@@H]1CO. The average molecular weight is 481 g/mol. The van der Waals surface area contributed by atoms with Crippen LogP contribution in [0.3, 0.4) is 0 Å². The largest absolute Gasteiger partial charge is 0.481 e. The van der Waals surface area contributed by atoms with Crippen LogP contribution >= 0.6 is 0 Å². The summed E-state index contributed by atoms with van der Waals surface area (Å²) in [4.78, 5) is 38.8. The summed E-state index contributed by atoms with van der Waals surface area (Å²) in [6, 6.07) is 14.6. The monoisotopic (exact) mass is 480 g/mol. The van der Waals surface area contributed by atoms with E-state index in [9.17, 15) is 19.5 Å². The first-order valence-electron chi connectivity index (χ1n) is 12.1. The highest BCUT2D eigenvalue weighted by atomic mass is 16.5. The van der Waals surface area contributed by atoms with Gasteiger partial charge in [0.2, 0.25) is 5.91 Å². The molecule has 1 unspecified atom stereocenters. The molecule has 1 heterocycles. The Hall–Kier alpha value is -3.39. The van der Waals surface area contributed by atoms with Crippen molar-refractivity contribution in [3.8, 4) is 11.1 Å². The lowest BCUT2D eigenvalue weighted by atomic mass is 9.90. The van der Waals surface area contributed by atoms with Crippen LogP contribution in [-0.4, -0.2) is 64.9 Å². The molecule has 0 saturated carbocycles. The minimum Gasteiger partial charge on any atom is -0.481 e. The molecular weight excluding hydrogens is 448 g/mol. The number of fused-ring (bicyclic) bond motifs is 3. The molecule has 4 rings (SSSR count). The van der Waals surface area contributed by atoms with Gasteiger partial charge in [0, 0.05) is 18.9 Å². The fourth-order valence-corrected chi connectivity index (χ4v) is 5.31. The fourth-order valence-electron chi connectivity index (χ4n) is 5.31. The predicted molar refractivity (Wildman–Crippen MR) is 130 cm³/mol. The number of carboxylic acid groups (broad SMARTS) is 1. The number of aliphatic carboxylic acids is 1. The molecule has 35 heavy (non-hydrogen) atoms. The molecular formula is C27H32N2O6. The van der Waals surface area contributed by atoms with Gasteiger partial charge in [0.25, 0.3) is 0 Å². The van der Waals surface area contributed by atoms with Crippen LogP contribution in [0.4, 0.5) is 4.79 Å². The molecule has 3 atom stereocenters. The topological polar surface area (TPSA) is 116 Å². The number of carbonyl (C=O) groups is 3. The van der Waals surface area contributed by atoms with E-state index in [-0.39, 0.29) is 49.8 Å². The van der Waals surface area contributed by atoms with Gasteiger partial charge in [-0.15, -0.1) is 0 Å². The molecule has 1 aliphatic carbocycles. The molecule has 0 aromatic heterocycles. The number of piperidine rings is 1. The molecule has 0 radical (unpaired) electrons. The van der Waals surface area contributed by atoms with Crippen LogP contribution < -0.4 is 5.32 Å². The summed E-state index contributed by atoms with van der Waals surface area (Å²) in [7, 11) is 0. The van der Waals surface area contributed by atoms with Crippen LogP contribution in [0.1, 0.15) is 49.7 Å². The summed E-state index contributed by atoms with van der Waals surface area (Å²) >= 11 is 0. The quantitative estimate of drug-likeness (QED) is 0.533. The van der Waals surface area contributed by atoms with Gasteiger partial charge >= 0.3 is 12.1 Å². The smallest absolute Gasteiger partial charge is 0.407 e. The van der Waals surface area contributed by atoms with Crippen molar-refractivity contribution in [3.63, 3.8) is 0 Å². The lowest BCUT2D eigenvalue weighted by molar-refractivity contribution is -0.141. The van der Waals surface area contributed by atoms with Gasteiger partial charge in [-0.2, -0.15) is 0 Å². The van der Waals surface area contributed by atoms with Gasteiger partial charge in [0.05, 0.1) is 12.6 Å². The molecule has 1 fully saturated rings. The predicted octanol–water partition coefficient (Wildman–Crippen LogP) is 3.38. The minimum atomic E-state index is -1.05. The molecule has 8 nitrogen and oxygen atoms in total. The number of carboxylic acids is 1. The Morgan fingerprint density at radius 2 is 1.71 bits per heavy atom. The second-order valence-electron chi connectivity index (χ2n) is 9.36. The van der Waals surface area contributed by atoms with Gasteiger partial charge in [-0.05, 0) is 47.4 Å². The first-order valence-corrected chi connectivity index (χ1v) is 12.1. The standard InChI is InChI=1S/C27H32N2O6/c1-17-7-6-14-29(24(17)15-30)26(33)23(12-13-25(31)32)28-27(34)35-16-22-20-10-4-2-8-18(20)19-9-3-5-11-21(19)22/h2-5,8-11,17,22-24,30H,6-7,12-16H2,1H3,(H,28,34)(H,31,32)/t17-,23?,24-/m1/s1. The number of carbonyl (C=O) groups excluding carboxylic acids is 2. The van der Waals surface area contributed by atoms with Crippen LogP contribution in [0.5, 0.6) is 0 Å². The van der Waals surface area contributed by atoms with E-state index in [1.54, 1.807) is 4.90 Å². The molecule has 186 valence electrons. The van der Waals surface area contributed by atoms with Crippen LogP contribution in [-0.2, 0) is 14.3 Å². The molecule has 3 N–H and O–H groups in total.